The predicted octanol–water partition coefficient (Wildman–Crippen LogP) is 2.00. The summed E-state index contributed by atoms with van der Waals surface area (Å²) in [5.74, 6) is 1.55. The van der Waals surface area contributed by atoms with Gasteiger partial charge in [0.05, 0.1) is 13.3 Å². The van der Waals surface area contributed by atoms with Crippen molar-refractivity contribution in [3.05, 3.63) is 10.8 Å². The molecule has 1 aromatic heterocycles. The zero-order valence-electron chi connectivity index (χ0n) is 9.82. The van der Waals surface area contributed by atoms with Crippen molar-refractivity contribution >= 4 is 15.9 Å². The zero-order valence-corrected chi connectivity index (χ0v) is 11.4. The summed E-state index contributed by atoms with van der Waals surface area (Å²) in [5.41, 5.74) is 0. The highest BCUT2D eigenvalue weighted by Crippen LogP contribution is 2.26. The maximum Gasteiger partial charge on any atom is 0.171 e. The van der Waals surface area contributed by atoms with E-state index >= 15 is 0 Å². The molecule has 1 saturated heterocycles. The molecule has 1 aromatic rings. The molecule has 1 aliphatic heterocycles. The van der Waals surface area contributed by atoms with Gasteiger partial charge in [0.25, 0.3) is 0 Å². The van der Waals surface area contributed by atoms with E-state index in [0.717, 1.165) is 22.8 Å². The lowest BCUT2D eigenvalue weighted by Crippen LogP contribution is -2.32. The normalized spacial score (nSPS) is 18.9. The van der Waals surface area contributed by atoms with Crippen LogP contribution in [-0.2, 0) is 6.54 Å². The minimum absolute atomic E-state index is 0.733. The minimum atomic E-state index is 0.733. The molecule has 0 saturated carbocycles. The number of aromatic nitrogens is 2. The van der Waals surface area contributed by atoms with E-state index in [1.54, 1.807) is 13.3 Å². The molecular formula is C11H18BrN3O. The second kappa shape index (κ2) is 5.19. The van der Waals surface area contributed by atoms with E-state index in [4.69, 9.17) is 4.74 Å². The lowest BCUT2D eigenvalue weighted by atomic mass is 9.97. The number of piperidine rings is 1. The first-order valence-electron chi connectivity index (χ1n) is 5.64. The molecule has 0 atom stereocenters. The largest absolute Gasteiger partial charge is 0.492 e. The Morgan fingerprint density at radius 3 is 2.75 bits per heavy atom. The van der Waals surface area contributed by atoms with Gasteiger partial charge in [0, 0.05) is 6.54 Å². The first kappa shape index (κ1) is 11.9. The number of rotatable bonds is 3. The third-order valence-corrected chi connectivity index (χ3v) is 4.03. The number of likely N-dealkylation sites (tertiary alicyclic amines) is 1. The molecule has 4 nitrogen and oxygen atoms in total. The van der Waals surface area contributed by atoms with Crippen LogP contribution in [0.5, 0.6) is 5.75 Å². The highest BCUT2D eigenvalue weighted by Gasteiger charge is 2.19. The van der Waals surface area contributed by atoms with Crippen molar-refractivity contribution in [3.63, 3.8) is 0 Å². The van der Waals surface area contributed by atoms with Crippen LogP contribution in [0.4, 0.5) is 0 Å². The van der Waals surface area contributed by atoms with Gasteiger partial charge in [0.2, 0.25) is 0 Å². The van der Waals surface area contributed by atoms with Crippen molar-refractivity contribution in [2.75, 3.05) is 27.2 Å². The van der Waals surface area contributed by atoms with Crippen LogP contribution < -0.4 is 4.74 Å². The molecule has 5 heteroatoms. The Labute approximate surface area is 105 Å². The van der Waals surface area contributed by atoms with E-state index < -0.39 is 0 Å². The molecule has 0 N–H and O–H groups in total. The van der Waals surface area contributed by atoms with E-state index in [-0.39, 0.29) is 0 Å². The molecule has 0 aliphatic carbocycles. The van der Waals surface area contributed by atoms with Crippen LogP contribution in [0, 0.1) is 5.92 Å². The molecule has 2 heterocycles. The highest BCUT2D eigenvalue weighted by molar-refractivity contribution is 9.10. The van der Waals surface area contributed by atoms with Gasteiger partial charge >= 0.3 is 0 Å². The van der Waals surface area contributed by atoms with Crippen molar-refractivity contribution in [2.24, 2.45) is 5.92 Å². The SMILES string of the molecule is COc1cnn(CC2CCN(C)CC2)c1Br. The summed E-state index contributed by atoms with van der Waals surface area (Å²) in [6, 6.07) is 0. The fraction of sp³-hybridized carbons (Fsp3) is 0.727. The molecule has 0 bridgehead atoms. The molecule has 16 heavy (non-hydrogen) atoms. The Morgan fingerprint density at radius 2 is 2.19 bits per heavy atom. The minimum Gasteiger partial charge on any atom is -0.492 e. The molecule has 2 rings (SSSR count). The van der Waals surface area contributed by atoms with Gasteiger partial charge in [0.1, 0.15) is 4.60 Å². The third-order valence-electron chi connectivity index (χ3n) is 3.23. The van der Waals surface area contributed by atoms with Gasteiger partial charge in [-0.15, -0.1) is 0 Å². The summed E-state index contributed by atoms with van der Waals surface area (Å²) in [5, 5.41) is 4.33. The quantitative estimate of drug-likeness (QED) is 0.852. The Morgan fingerprint density at radius 1 is 1.50 bits per heavy atom. The summed E-state index contributed by atoms with van der Waals surface area (Å²) in [7, 11) is 3.85. The second-order valence-corrected chi connectivity index (χ2v) is 5.18. The Hall–Kier alpha value is -0.550. The van der Waals surface area contributed by atoms with Crippen LogP contribution in [0.25, 0.3) is 0 Å². The Bertz CT molecular complexity index is 345. The molecule has 1 fully saturated rings. The number of halogens is 1. The lowest BCUT2D eigenvalue weighted by Gasteiger charge is -2.28. The molecule has 90 valence electrons. The molecule has 1 aliphatic rings. The Kier molecular flexibility index (Phi) is 3.86. The van der Waals surface area contributed by atoms with Gasteiger partial charge in [-0.25, -0.2) is 0 Å². The van der Waals surface area contributed by atoms with Crippen molar-refractivity contribution in [1.29, 1.82) is 0 Å². The van der Waals surface area contributed by atoms with Gasteiger partial charge in [0.15, 0.2) is 5.75 Å². The van der Waals surface area contributed by atoms with Crippen molar-refractivity contribution in [3.8, 4) is 5.75 Å². The van der Waals surface area contributed by atoms with Crippen molar-refractivity contribution in [2.45, 2.75) is 19.4 Å². The highest BCUT2D eigenvalue weighted by atomic mass is 79.9. The summed E-state index contributed by atoms with van der Waals surface area (Å²) < 4.78 is 8.14. The number of methoxy groups -OCH3 is 1. The maximum atomic E-state index is 5.19. The number of hydrogen-bond donors (Lipinski definition) is 0. The topological polar surface area (TPSA) is 30.3 Å². The standard InChI is InChI=1S/C11H18BrN3O/c1-14-5-3-9(4-6-14)8-15-11(12)10(16-2)7-13-15/h7,9H,3-6,8H2,1-2H3. The summed E-state index contributed by atoms with van der Waals surface area (Å²) in [6.45, 7) is 3.37. The summed E-state index contributed by atoms with van der Waals surface area (Å²) in [4.78, 5) is 2.38. The van der Waals surface area contributed by atoms with E-state index in [1.807, 2.05) is 4.68 Å². The Balaban J connectivity index is 1.96. The average Bonchev–Trinajstić information content (AvgIpc) is 2.63. The number of hydrogen-bond acceptors (Lipinski definition) is 3. The molecule has 0 radical (unpaired) electrons. The van der Waals surface area contributed by atoms with Gasteiger partial charge in [-0.1, -0.05) is 0 Å². The smallest absolute Gasteiger partial charge is 0.171 e. The molecular weight excluding hydrogens is 270 g/mol. The maximum absolute atomic E-state index is 5.19. The van der Waals surface area contributed by atoms with Crippen LogP contribution in [-0.4, -0.2) is 41.9 Å². The first-order chi connectivity index (χ1) is 7.70. The van der Waals surface area contributed by atoms with E-state index in [1.165, 1.54) is 25.9 Å². The second-order valence-electron chi connectivity index (χ2n) is 4.43. The predicted molar refractivity (Wildman–Crippen MR) is 66.7 cm³/mol. The van der Waals surface area contributed by atoms with Gasteiger partial charge in [-0.3, -0.25) is 4.68 Å². The van der Waals surface area contributed by atoms with Crippen LogP contribution in [0.2, 0.25) is 0 Å². The van der Waals surface area contributed by atoms with Gasteiger partial charge in [-0.2, -0.15) is 5.10 Å². The molecule has 0 spiro atoms. The molecule has 0 aromatic carbocycles. The van der Waals surface area contributed by atoms with Gasteiger partial charge < -0.3 is 9.64 Å². The zero-order chi connectivity index (χ0) is 11.5. The van der Waals surface area contributed by atoms with Crippen molar-refractivity contribution < 1.29 is 4.74 Å². The van der Waals surface area contributed by atoms with Crippen LogP contribution >= 0.6 is 15.9 Å². The van der Waals surface area contributed by atoms with E-state index in [2.05, 4.69) is 33.0 Å². The average molecular weight is 288 g/mol. The summed E-state index contributed by atoms with van der Waals surface area (Å²) >= 11 is 3.52. The summed E-state index contributed by atoms with van der Waals surface area (Å²) in [6.07, 6.45) is 4.27. The van der Waals surface area contributed by atoms with Crippen LogP contribution in [0.3, 0.4) is 0 Å². The fourth-order valence-electron chi connectivity index (χ4n) is 2.11. The van der Waals surface area contributed by atoms with Crippen LogP contribution in [0.1, 0.15) is 12.8 Å². The van der Waals surface area contributed by atoms with Gasteiger partial charge in [-0.05, 0) is 54.8 Å². The molecule has 0 amide bonds. The number of nitrogens with zero attached hydrogens (tertiary/aromatic N) is 3. The monoisotopic (exact) mass is 287 g/mol. The first-order valence-corrected chi connectivity index (χ1v) is 6.44. The van der Waals surface area contributed by atoms with E-state index in [0.29, 0.717) is 0 Å². The number of ether oxygens (including phenoxy) is 1. The fourth-order valence-corrected chi connectivity index (χ4v) is 2.61. The lowest BCUT2D eigenvalue weighted by molar-refractivity contribution is 0.200. The van der Waals surface area contributed by atoms with Crippen LogP contribution in [0.15, 0.2) is 10.8 Å². The van der Waals surface area contributed by atoms with Crippen molar-refractivity contribution in [1.82, 2.24) is 14.7 Å². The third kappa shape index (κ3) is 2.58. The van der Waals surface area contributed by atoms with E-state index in [9.17, 15) is 0 Å². The molecule has 0 unspecified atom stereocenters.